The van der Waals surface area contributed by atoms with Gasteiger partial charge in [0.15, 0.2) is 5.21 Å². The lowest BCUT2D eigenvalue weighted by molar-refractivity contribution is -0.444. The van der Waals surface area contributed by atoms with Crippen molar-refractivity contribution < 1.29 is 14.6 Å². The van der Waals surface area contributed by atoms with Gasteiger partial charge in [0.1, 0.15) is 29.8 Å². The zero-order valence-corrected chi connectivity index (χ0v) is 16.7. The molecule has 2 N–H and O–H groups in total. The van der Waals surface area contributed by atoms with Crippen molar-refractivity contribution in [2.24, 2.45) is 0 Å². The molecule has 0 bridgehead atoms. The Bertz CT molecular complexity index is 1270. The summed E-state index contributed by atoms with van der Waals surface area (Å²) in [6.45, 7) is 0.901. The van der Waals surface area contributed by atoms with Gasteiger partial charge in [-0.1, -0.05) is 41.6 Å². The topological polar surface area (TPSA) is 87.1 Å². The smallest absolute Gasteiger partial charge is 0.329 e. The second-order valence-corrected chi connectivity index (χ2v) is 7.03. The fourth-order valence-electron chi connectivity index (χ4n) is 3.21. The van der Waals surface area contributed by atoms with E-state index in [-0.39, 0.29) is 0 Å². The SMILES string of the molecule is c1ccc2nc(COc3ccc(COc4ccc(-c5nn[nH][nH+]5)cc4)cc3)ccc2c1. The first-order chi connectivity index (χ1) is 15.3. The number of fused-ring (bicyclic) bond motifs is 1. The van der Waals surface area contributed by atoms with Gasteiger partial charge in [0, 0.05) is 5.39 Å². The van der Waals surface area contributed by atoms with Crippen LogP contribution in [0.2, 0.25) is 0 Å². The highest BCUT2D eigenvalue weighted by molar-refractivity contribution is 5.78. The van der Waals surface area contributed by atoms with Crippen LogP contribution in [0.4, 0.5) is 0 Å². The van der Waals surface area contributed by atoms with Crippen molar-refractivity contribution in [3.8, 4) is 22.9 Å². The van der Waals surface area contributed by atoms with Gasteiger partial charge in [-0.2, -0.15) is 5.10 Å². The van der Waals surface area contributed by atoms with Gasteiger partial charge in [-0.15, -0.1) is 0 Å². The average molecular weight is 410 g/mol. The molecular formula is C24H20N5O2+. The molecule has 2 aromatic heterocycles. The maximum absolute atomic E-state index is 5.89. The maximum Gasteiger partial charge on any atom is 0.329 e. The number of pyridine rings is 1. The first-order valence-electron chi connectivity index (χ1n) is 9.92. The Labute approximate surface area is 178 Å². The Kier molecular flexibility index (Phi) is 5.22. The molecule has 3 aromatic carbocycles. The van der Waals surface area contributed by atoms with Crippen molar-refractivity contribution in [3.63, 3.8) is 0 Å². The third-order valence-corrected chi connectivity index (χ3v) is 4.87. The molecule has 0 saturated heterocycles. The van der Waals surface area contributed by atoms with Crippen LogP contribution in [-0.4, -0.2) is 20.5 Å². The highest BCUT2D eigenvalue weighted by Gasteiger charge is 2.09. The fourth-order valence-corrected chi connectivity index (χ4v) is 3.21. The normalized spacial score (nSPS) is 10.8. The first kappa shape index (κ1) is 18.7. The summed E-state index contributed by atoms with van der Waals surface area (Å²) in [6, 6.07) is 27.7. The number of ether oxygens (including phenoxy) is 2. The fraction of sp³-hybridized carbons (Fsp3) is 0.0833. The predicted molar refractivity (Wildman–Crippen MR) is 115 cm³/mol. The lowest BCUT2D eigenvalue weighted by Gasteiger charge is -2.09. The van der Waals surface area contributed by atoms with Crippen LogP contribution >= 0.6 is 0 Å². The van der Waals surface area contributed by atoms with Crippen LogP contribution in [0.15, 0.2) is 84.9 Å². The second kappa shape index (κ2) is 8.62. The molecule has 0 aliphatic rings. The van der Waals surface area contributed by atoms with E-state index in [0.717, 1.165) is 39.2 Å². The zero-order chi connectivity index (χ0) is 20.9. The molecule has 7 nitrogen and oxygen atoms in total. The summed E-state index contributed by atoms with van der Waals surface area (Å²) in [6.07, 6.45) is 0. The molecule has 0 fully saturated rings. The number of hydrogen-bond donors (Lipinski definition) is 1. The van der Waals surface area contributed by atoms with Crippen LogP contribution < -0.4 is 14.6 Å². The number of benzene rings is 3. The lowest BCUT2D eigenvalue weighted by atomic mass is 10.2. The molecule has 0 unspecified atom stereocenters. The Balaban J connectivity index is 1.15. The molecule has 0 radical (unpaired) electrons. The van der Waals surface area contributed by atoms with Gasteiger partial charge in [0.2, 0.25) is 0 Å². The molecule has 7 heteroatoms. The van der Waals surface area contributed by atoms with E-state index in [1.807, 2.05) is 72.8 Å². The summed E-state index contributed by atoms with van der Waals surface area (Å²) in [5, 5.41) is 14.2. The molecule has 0 amide bonds. The minimum atomic E-state index is 0.427. The van der Waals surface area contributed by atoms with Crippen LogP contribution in [-0.2, 0) is 13.2 Å². The van der Waals surface area contributed by atoms with Gasteiger partial charge < -0.3 is 9.47 Å². The van der Waals surface area contributed by atoms with Crippen molar-refractivity contribution in [1.82, 2.24) is 20.5 Å². The van der Waals surface area contributed by atoms with E-state index in [9.17, 15) is 0 Å². The minimum Gasteiger partial charge on any atom is -0.489 e. The highest BCUT2D eigenvalue weighted by atomic mass is 16.5. The summed E-state index contributed by atoms with van der Waals surface area (Å²) >= 11 is 0. The van der Waals surface area contributed by atoms with Crippen molar-refractivity contribution in [2.45, 2.75) is 13.2 Å². The number of rotatable bonds is 7. The number of H-pyrrole nitrogens is 2. The number of nitrogens with zero attached hydrogens (tertiary/aromatic N) is 3. The van der Waals surface area contributed by atoms with E-state index in [0.29, 0.717) is 19.0 Å². The third-order valence-electron chi connectivity index (χ3n) is 4.87. The molecule has 0 spiro atoms. The molecule has 0 atom stereocenters. The van der Waals surface area contributed by atoms with Crippen molar-refractivity contribution in [2.75, 3.05) is 0 Å². The molecule has 5 rings (SSSR count). The van der Waals surface area contributed by atoms with E-state index in [4.69, 9.17) is 9.47 Å². The number of para-hydroxylation sites is 1. The Morgan fingerprint density at radius 3 is 2.26 bits per heavy atom. The largest absolute Gasteiger partial charge is 0.489 e. The summed E-state index contributed by atoms with van der Waals surface area (Å²) in [5.74, 6) is 2.27. The van der Waals surface area contributed by atoms with E-state index in [2.05, 4.69) is 37.7 Å². The molecule has 2 heterocycles. The van der Waals surface area contributed by atoms with Crippen molar-refractivity contribution in [1.29, 1.82) is 0 Å². The number of aromatic nitrogens is 5. The predicted octanol–water partition coefficient (Wildman–Crippen LogP) is 3.99. The van der Waals surface area contributed by atoms with Gasteiger partial charge in [-0.3, -0.25) is 0 Å². The number of aromatic amines is 2. The highest BCUT2D eigenvalue weighted by Crippen LogP contribution is 2.20. The van der Waals surface area contributed by atoms with Crippen LogP contribution in [0.1, 0.15) is 11.3 Å². The Morgan fingerprint density at radius 1 is 0.742 bits per heavy atom. The van der Waals surface area contributed by atoms with Crippen molar-refractivity contribution in [3.05, 3.63) is 96.2 Å². The van der Waals surface area contributed by atoms with E-state index in [1.165, 1.54) is 0 Å². The van der Waals surface area contributed by atoms with Crippen LogP contribution in [0.3, 0.4) is 0 Å². The molecule has 31 heavy (non-hydrogen) atoms. The second-order valence-electron chi connectivity index (χ2n) is 7.03. The van der Waals surface area contributed by atoms with Crippen LogP contribution in [0, 0.1) is 0 Å². The lowest BCUT2D eigenvalue weighted by Crippen LogP contribution is -2.05. The van der Waals surface area contributed by atoms with Crippen LogP contribution in [0.25, 0.3) is 22.3 Å². The van der Waals surface area contributed by atoms with Gasteiger partial charge in [-0.25, -0.2) is 4.98 Å². The average Bonchev–Trinajstić information content (AvgIpc) is 3.37. The summed E-state index contributed by atoms with van der Waals surface area (Å²) in [4.78, 5) is 4.64. The van der Waals surface area contributed by atoms with E-state index < -0.39 is 0 Å². The Hall–Kier alpha value is -4.26. The molecule has 0 aliphatic carbocycles. The minimum absolute atomic E-state index is 0.427. The Morgan fingerprint density at radius 2 is 1.48 bits per heavy atom. The van der Waals surface area contributed by atoms with Crippen molar-refractivity contribution >= 4 is 10.9 Å². The quantitative estimate of drug-likeness (QED) is 0.438. The van der Waals surface area contributed by atoms with E-state index in [1.54, 1.807) is 0 Å². The van der Waals surface area contributed by atoms with Crippen LogP contribution in [0.5, 0.6) is 11.5 Å². The summed E-state index contributed by atoms with van der Waals surface area (Å²) in [5.41, 5.74) is 3.87. The molecule has 5 aromatic rings. The first-order valence-corrected chi connectivity index (χ1v) is 9.92. The number of nitrogens with one attached hydrogen (secondary N) is 2. The summed E-state index contributed by atoms with van der Waals surface area (Å²) in [7, 11) is 0. The molecule has 0 aliphatic heterocycles. The molecular weight excluding hydrogens is 390 g/mol. The summed E-state index contributed by atoms with van der Waals surface area (Å²) < 4.78 is 11.8. The van der Waals surface area contributed by atoms with Gasteiger partial charge in [0.05, 0.1) is 16.8 Å². The monoisotopic (exact) mass is 410 g/mol. The van der Waals surface area contributed by atoms with Gasteiger partial charge in [-0.05, 0) is 54.1 Å². The maximum atomic E-state index is 5.89. The number of tetrazole rings is 1. The van der Waals surface area contributed by atoms with Gasteiger partial charge >= 0.3 is 5.82 Å². The standard InChI is InChI=1S/C24H19N5O2/c1-2-4-23-18(3-1)7-10-20(25-23)16-31-21-11-5-17(6-12-21)15-30-22-13-8-19(9-14-22)24-26-28-29-27-24/h1-14H,15-16H2,(H,26,27,28,29)/p+1. The van der Waals surface area contributed by atoms with E-state index >= 15 is 0 Å². The zero-order valence-electron chi connectivity index (χ0n) is 16.7. The molecule has 0 saturated carbocycles. The molecule has 152 valence electrons. The third kappa shape index (κ3) is 4.51. The van der Waals surface area contributed by atoms with Gasteiger partial charge in [0.25, 0.3) is 0 Å². The number of hydrogen-bond acceptors (Lipinski definition) is 5.